The summed E-state index contributed by atoms with van der Waals surface area (Å²) in [5.74, 6) is -0.0539. The second-order valence-electron chi connectivity index (χ2n) is 7.24. The maximum absolute atomic E-state index is 13.2. The fraction of sp³-hybridized carbons (Fsp3) is 0.300. The molecule has 1 fully saturated rings. The van der Waals surface area contributed by atoms with E-state index >= 15 is 0 Å². The summed E-state index contributed by atoms with van der Waals surface area (Å²) < 4.78 is 1.59. The first-order valence-corrected chi connectivity index (χ1v) is 9.07. The van der Waals surface area contributed by atoms with Crippen LogP contribution in [0.4, 0.5) is 5.69 Å². The van der Waals surface area contributed by atoms with Gasteiger partial charge < -0.3 is 9.80 Å². The predicted octanol–water partition coefficient (Wildman–Crippen LogP) is 1.88. The molecule has 0 saturated carbocycles. The lowest BCUT2D eigenvalue weighted by molar-refractivity contribution is -0.124. The summed E-state index contributed by atoms with van der Waals surface area (Å²) >= 11 is 0. The zero-order valence-corrected chi connectivity index (χ0v) is 15.0. The van der Waals surface area contributed by atoms with Gasteiger partial charge >= 0.3 is 0 Å². The molecule has 7 heteroatoms. The molecule has 1 spiro atoms. The molecule has 0 radical (unpaired) electrons. The van der Waals surface area contributed by atoms with Crippen molar-refractivity contribution in [1.29, 1.82) is 0 Å². The third kappa shape index (κ3) is 2.14. The summed E-state index contributed by atoms with van der Waals surface area (Å²) in [5.41, 5.74) is 2.31. The first-order chi connectivity index (χ1) is 13.1. The molecule has 1 saturated heterocycles. The summed E-state index contributed by atoms with van der Waals surface area (Å²) in [5, 5.41) is 4.22. The molecular formula is C20H19N5O2. The van der Waals surface area contributed by atoms with E-state index < -0.39 is 5.41 Å². The summed E-state index contributed by atoms with van der Waals surface area (Å²) in [6, 6.07) is 9.66. The van der Waals surface area contributed by atoms with E-state index in [4.69, 9.17) is 0 Å². The van der Waals surface area contributed by atoms with Gasteiger partial charge in [-0.3, -0.25) is 9.59 Å². The second kappa shape index (κ2) is 5.64. The smallest absolute Gasteiger partial charge is 0.259 e. The Balaban J connectivity index is 1.53. The summed E-state index contributed by atoms with van der Waals surface area (Å²) in [4.78, 5) is 34.2. The lowest BCUT2D eigenvalue weighted by Gasteiger charge is -2.39. The molecule has 2 aromatic heterocycles. The van der Waals surface area contributed by atoms with Crippen LogP contribution in [0.25, 0.3) is 5.65 Å². The van der Waals surface area contributed by atoms with Crippen LogP contribution in [0.5, 0.6) is 0 Å². The summed E-state index contributed by atoms with van der Waals surface area (Å²) in [7, 11) is 1.81. The average Bonchev–Trinajstić information content (AvgIpc) is 3.23. The van der Waals surface area contributed by atoms with Crippen molar-refractivity contribution in [3.8, 4) is 0 Å². The number of hydrogen-bond acceptors (Lipinski definition) is 4. The molecule has 1 aromatic carbocycles. The van der Waals surface area contributed by atoms with Gasteiger partial charge in [0.15, 0.2) is 5.65 Å². The number of likely N-dealkylation sites (tertiary alicyclic amines) is 1. The molecule has 0 N–H and O–H groups in total. The molecule has 5 rings (SSSR count). The maximum atomic E-state index is 13.2. The topological polar surface area (TPSA) is 70.8 Å². The van der Waals surface area contributed by atoms with Crippen LogP contribution in [-0.2, 0) is 10.2 Å². The highest BCUT2D eigenvalue weighted by atomic mass is 16.2. The van der Waals surface area contributed by atoms with E-state index in [9.17, 15) is 9.59 Å². The van der Waals surface area contributed by atoms with Crippen LogP contribution in [0.15, 0.2) is 48.9 Å². The Hall–Kier alpha value is -3.22. The largest absolute Gasteiger partial charge is 0.337 e. The van der Waals surface area contributed by atoms with E-state index in [1.54, 1.807) is 39.0 Å². The number of para-hydroxylation sites is 1. The van der Waals surface area contributed by atoms with Gasteiger partial charge in [0.2, 0.25) is 5.91 Å². The molecule has 4 heterocycles. The van der Waals surface area contributed by atoms with Crippen molar-refractivity contribution in [1.82, 2.24) is 19.5 Å². The van der Waals surface area contributed by atoms with E-state index in [2.05, 4.69) is 10.1 Å². The number of fused-ring (bicyclic) bond motifs is 3. The monoisotopic (exact) mass is 361 g/mol. The van der Waals surface area contributed by atoms with Gasteiger partial charge in [-0.2, -0.15) is 5.10 Å². The van der Waals surface area contributed by atoms with Crippen molar-refractivity contribution in [2.75, 3.05) is 25.0 Å². The van der Waals surface area contributed by atoms with Crippen molar-refractivity contribution in [3.05, 3.63) is 60.0 Å². The van der Waals surface area contributed by atoms with Gasteiger partial charge in [0.25, 0.3) is 5.91 Å². The fourth-order valence-electron chi connectivity index (χ4n) is 4.49. The molecule has 2 aliphatic heterocycles. The summed E-state index contributed by atoms with van der Waals surface area (Å²) in [6.07, 6.45) is 6.51. The third-order valence-electron chi connectivity index (χ3n) is 5.78. The summed E-state index contributed by atoms with van der Waals surface area (Å²) in [6.45, 7) is 1.01. The molecule has 7 nitrogen and oxygen atoms in total. The number of likely N-dealkylation sites (N-methyl/N-ethyl adjacent to an activating group) is 1. The molecule has 2 aliphatic rings. The van der Waals surface area contributed by atoms with E-state index in [0.29, 0.717) is 24.3 Å². The van der Waals surface area contributed by atoms with Crippen molar-refractivity contribution < 1.29 is 9.59 Å². The van der Waals surface area contributed by atoms with Crippen LogP contribution < -0.4 is 4.90 Å². The zero-order valence-electron chi connectivity index (χ0n) is 15.0. The molecule has 1 atom stereocenters. The molecule has 2 amide bonds. The highest BCUT2D eigenvalue weighted by molar-refractivity contribution is 6.09. The van der Waals surface area contributed by atoms with E-state index in [1.165, 1.54) is 0 Å². The minimum absolute atomic E-state index is 0.0687. The Morgan fingerprint density at radius 3 is 2.96 bits per heavy atom. The standard InChI is InChI=1S/C20H19N5O2/c1-23-16-7-3-2-6-15(16)20(19(23)27)8-4-10-24(13-20)18(26)14-12-22-25-11-5-9-21-17(14)25/h2-3,5-7,9,11-12H,4,8,10,13H2,1H3/t20-/m1/s1. The Morgan fingerprint density at radius 1 is 1.22 bits per heavy atom. The van der Waals surface area contributed by atoms with Crippen LogP contribution >= 0.6 is 0 Å². The number of aromatic nitrogens is 3. The van der Waals surface area contributed by atoms with E-state index in [-0.39, 0.29) is 11.8 Å². The molecule has 136 valence electrons. The number of anilines is 1. The number of rotatable bonds is 1. The van der Waals surface area contributed by atoms with Gasteiger partial charge in [-0.1, -0.05) is 18.2 Å². The van der Waals surface area contributed by atoms with E-state index in [1.807, 2.05) is 31.3 Å². The number of piperidine rings is 1. The Bertz CT molecular complexity index is 1070. The van der Waals surface area contributed by atoms with Gasteiger partial charge in [0, 0.05) is 38.2 Å². The quantitative estimate of drug-likeness (QED) is 0.664. The molecule has 3 aromatic rings. The number of amides is 2. The number of carbonyl (C=O) groups is 2. The van der Waals surface area contributed by atoms with Gasteiger partial charge in [-0.15, -0.1) is 0 Å². The number of benzene rings is 1. The predicted molar refractivity (Wildman–Crippen MR) is 99.7 cm³/mol. The van der Waals surface area contributed by atoms with Crippen molar-refractivity contribution in [3.63, 3.8) is 0 Å². The SMILES string of the molecule is CN1C(=O)[C@@]2(CCCN(C(=O)c3cnn4cccnc34)C2)c2ccccc21. The average molecular weight is 361 g/mol. The van der Waals surface area contributed by atoms with Crippen molar-refractivity contribution >= 4 is 23.1 Å². The number of nitrogens with zero attached hydrogens (tertiary/aromatic N) is 5. The van der Waals surface area contributed by atoms with E-state index in [0.717, 1.165) is 24.1 Å². The van der Waals surface area contributed by atoms with Crippen LogP contribution in [0, 0.1) is 0 Å². The molecule has 0 unspecified atom stereocenters. The Morgan fingerprint density at radius 2 is 2.07 bits per heavy atom. The molecular weight excluding hydrogens is 342 g/mol. The van der Waals surface area contributed by atoms with Crippen molar-refractivity contribution in [2.45, 2.75) is 18.3 Å². The minimum Gasteiger partial charge on any atom is -0.337 e. The molecule has 0 aliphatic carbocycles. The Labute approximate surface area is 156 Å². The van der Waals surface area contributed by atoms with Crippen LogP contribution in [0.2, 0.25) is 0 Å². The Kier molecular flexibility index (Phi) is 3.34. The first-order valence-electron chi connectivity index (χ1n) is 9.07. The second-order valence-corrected chi connectivity index (χ2v) is 7.24. The lowest BCUT2D eigenvalue weighted by Crippen LogP contribution is -2.53. The third-order valence-corrected chi connectivity index (χ3v) is 5.78. The maximum Gasteiger partial charge on any atom is 0.259 e. The normalized spacial score (nSPS) is 21.9. The highest BCUT2D eigenvalue weighted by Gasteiger charge is 2.52. The lowest BCUT2D eigenvalue weighted by atomic mass is 9.75. The van der Waals surface area contributed by atoms with Crippen LogP contribution in [0.3, 0.4) is 0 Å². The molecule has 0 bridgehead atoms. The number of hydrogen-bond donors (Lipinski definition) is 0. The van der Waals surface area contributed by atoms with Crippen molar-refractivity contribution in [2.24, 2.45) is 0 Å². The van der Waals surface area contributed by atoms with Gasteiger partial charge in [0.05, 0.1) is 11.6 Å². The van der Waals surface area contributed by atoms with Crippen LogP contribution in [-0.4, -0.2) is 51.4 Å². The number of carbonyl (C=O) groups excluding carboxylic acids is 2. The van der Waals surface area contributed by atoms with Gasteiger partial charge in [-0.25, -0.2) is 9.50 Å². The highest BCUT2D eigenvalue weighted by Crippen LogP contribution is 2.46. The molecule has 27 heavy (non-hydrogen) atoms. The fourth-order valence-corrected chi connectivity index (χ4v) is 4.49. The minimum atomic E-state index is -0.657. The van der Waals surface area contributed by atoms with Gasteiger partial charge in [0.1, 0.15) is 5.56 Å². The van der Waals surface area contributed by atoms with Crippen LogP contribution in [0.1, 0.15) is 28.8 Å². The zero-order chi connectivity index (χ0) is 18.6. The first kappa shape index (κ1) is 16.0. The van der Waals surface area contributed by atoms with Gasteiger partial charge in [-0.05, 0) is 30.5 Å².